The third-order valence-electron chi connectivity index (χ3n) is 2.80. The van der Waals surface area contributed by atoms with Gasteiger partial charge >= 0.3 is 0 Å². The van der Waals surface area contributed by atoms with E-state index in [0.717, 1.165) is 21.4 Å². The van der Waals surface area contributed by atoms with Gasteiger partial charge in [0.05, 0.1) is 5.02 Å². The normalized spacial score (nSPS) is 11.7. The maximum absolute atomic E-state index is 12.1. The molecule has 0 saturated heterocycles. The molecule has 2 heterocycles. The van der Waals surface area contributed by atoms with Crippen molar-refractivity contribution < 1.29 is 13.2 Å². The zero-order valence-corrected chi connectivity index (χ0v) is 14.1. The SMILES string of the molecule is O=C(NNS(=O)(=O)c1cccs1)c1sc2ccccc2c1Cl. The number of benzene rings is 1. The molecule has 3 aromatic rings. The summed E-state index contributed by atoms with van der Waals surface area (Å²) in [6, 6.07) is 10.4. The molecule has 0 aliphatic heterocycles. The first-order chi connectivity index (χ1) is 10.5. The molecule has 5 nitrogen and oxygen atoms in total. The molecule has 1 amide bonds. The van der Waals surface area contributed by atoms with Crippen LogP contribution < -0.4 is 10.3 Å². The third-order valence-corrected chi connectivity index (χ3v) is 7.12. The molecule has 0 saturated carbocycles. The van der Waals surface area contributed by atoms with Crippen LogP contribution in [0.4, 0.5) is 0 Å². The lowest BCUT2D eigenvalue weighted by Gasteiger charge is -2.05. The van der Waals surface area contributed by atoms with Gasteiger partial charge in [-0.3, -0.25) is 10.2 Å². The van der Waals surface area contributed by atoms with Crippen LogP contribution in [0.25, 0.3) is 10.1 Å². The molecule has 0 aliphatic rings. The number of fused-ring (bicyclic) bond motifs is 1. The van der Waals surface area contributed by atoms with E-state index in [4.69, 9.17) is 11.6 Å². The second-order valence-electron chi connectivity index (χ2n) is 4.23. The lowest BCUT2D eigenvalue weighted by atomic mass is 10.2. The predicted octanol–water partition coefficient (Wildman–Crippen LogP) is 3.24. The van der Waals surface area contributed by atoms with Crippen molar-refractivity contribution in [3.05, 3.63) is 51.7 Å². The van der Waals surface area contributed by atoms with Crippen LogP contribution in [0.2, 0.25) is 5.02 Å². The zero-order chi connectivity index (χ0) is 15.7. The lowest BCUT2D eigenvalue weighted by molar-refractivity contribution is 0.0949. The molecule has 0 bridgehead atoms. The van der Waals surface area contributed by atoms with Gasteiger partial charge in [-0.15, -0.1) is 27.5 Å². The minimum Gasteiger partial charge on any atom is -0.273 e. The molecule has 0 atom stereocenters. The van der Waals surface area contributed by atoms with Crippen LogP contribution in [-0.2, 0) is 10.0 Å². The van der Waals surface area contributed by atoms with Crippen LogP contribution in [-0.4, -0.2) is 14.3 Å². The van der Waals surface area contributed by atoms with Gasteiger partial charge in [0.15, 0.2) is 0 Å². The molecular weight excluding hydrogens is 364 g/mol. The first-order valence-electron chi connectivity index (χ1n) is 6.02. The fraction of sp³-hybridized carbons (Fsp3) is 0. The number of rotatable bonds is 4. The van der Waals surface area contributed by atoms with Crippen molar-refractivity contribution in [2.75, 3.05) is 0 Å². The fourth-order valence-electron chi connectivity index (χ4n) is 1.80. The number of carbonyl (C=O) groups is 1. The van der Waals surface area contributed by atoms with E-state index in [9.17, 15) is 13.2 Å². The molecule has 3 rings (SSSR count). The van der Waals surface area contributed by atoms with Crippen molar-refractivity contribution in [3.8, 4) is 0 Å². The van der Waals surface area contributed by atoms with Crippen LogP contribution in [0.3, 0.4) is 0 Å². The molecule has 0 spiro atoms. The number of halogens is 1. The minimum absolute atomic E-state index is 0.121. The molecule has 9 heteroatoms. The van der Waals surface area contributed by atoms with E-state index in [-0.39, 0.29) is 9.09 Å². The van der Waals surface area contributed by atoms with Crippen molar-refractivity contribution in [1.29, 1.82) is 0 Å². The quantitative estimate of drug-likeness (QED) is 0.690. The highest BCUT2D eigenvalue weighted by Crippen LogP contribution is 2.34. The summed E-state index contributed by atoms with van der Waals surface area (Å²) < 4.78 is 24.9. The summed E-state index contributed by atoms with van der Waals surface area (Å²) in [5, 5.41) is 2.72. The maximum atomic E-state index is 12.1. The third kappa shape index (κ3) is 2.88. The zero-order valence-electron chi connectivity index (χ0n) is 10.9. The highest BCUT2D eigenvalue weighted by atomic mass is 35.5. The van der Waals surface area contributed by atoms with Gasteiger partial charge in [-0.25, -0.2) is 8.42 Å². The molecule has 0 unspecified atom stereocenters. The Morgan fingerprint density at radius 3 is 2.59 bits per heavy atom. The Bertz CT molecular complexity index is 933. The van der Waals surface area contributed by atoms with Crippen molar-refractivity contribution >= 4 is 60.3 Å². The summed E-state index contributed by atoms with van der Waals surface area (Å²) in [5.74, 6) is -0.591. The van der Waals surface area contributed by atoms with E-state index >= 15 is 0 Å². The molecule has 0 radical (unpaired) electrons. The topological polar surface area (TPSA) is 75.3 Å². The van der Waals surface area contributed by atoms with Crippen LogP contribution in [0, 0.1) is 0 Å². The molecule has 2 N–H and O–H groups in total. The van der Waals surface area contributed by atoms with Gasteiger partial charge in [-0.1, -0.05) is 35.9 Å². The summed E-state index contributed by atoms with van der Waals surface area (Å²) >= 11 is 8.44. The maximum Gasteiger partial charge on any atom is 0.277 e. The van der Waals surface area contributed by atoms with Gasteiger partial charge in [0, 0.05) is 10.1 Å². The second kappa shape index (κ2) is 5.98. The van der Waals surface area contributed by atoms with Gasteiger partial charge < -0.3 is 0 Å². The van der Waals surface area contributed by atoms with E-state index in [0.29, 0.717) is 5.02 Å². The number of hydrogen-bond donors (Lipinski definition) is 2. The summed E-state index contributed by atoms with van der Waals surface area (Å²) in [6.07, 6.45) is 0. The van der Waals surface area contributed by atoms with Crippen LogP contribution in [0.15, 0.2) is 46.0 Å². The highest BCUT2D eigenvalue weighted by Gasteiger charge is 2.20. The van der Waals surface area contributed by atoms with Crippen molar-refractivity contribution in [2.45, 2.75) is 4.21 Å². The van der Waals surface area contributed by atoms with E-state index in [1.54, 1.807) is 17.5 Å². The minimum atomic E-state index is -3.76. The highest BCUT2D eigenvalue weighted by molar-refractivity contribution is 7.91. The van der Waals surface area contributed by atoms with Crippen LogP contribution in [0.5, 0.6) is 0 Å². The molecular formula is C13H9ClN2O3S3. The molecule has 114 valence electrons. The Labute approximate surface area is 139 Å². The van der Waals surface area contributed by atoms with E-state index in [1.807, 2.05) is 18.2 Å². The van der Waals surface area contributed by atoms with Gasteiger partial charge in [0.1, 0.15) is 9.09 Å². The molecule has 0 fully saturated rings. The van der Waals surface area contributed by atoms with Crippen LogP contribution in [0.1, 0.15) is 9.67 Å². The lowest BCUT2D eigenvalue weighted by Crippen LogP contribution is -2.41. The van der Waals surface area contributed by atoms with E-state index < -0.39 is 15.9 Å². The number of hydrogen-bond acceptors (Lipinski definition) is 5. The number of sulfonamides is 1. The number of carbonyl (C=O) groups excluding carboxylic acids is 1. The Morgan fingerprint density at radius 1 is 1.14 bits per heavy atom. The van der Waals surface area contributed by atoms with E-state index in [1.165, 1.54) is 17.4 Å². The monoisotopic (exact) mass is 372 g/mol. The Hall–Kier alpha value is -1.45. The van der Waals surface area contributed by atoms with Gasteiger partial charge in [0.2, 0.25) is 0 Å². The first-order valence-corrected chi connectivity index (χ1v) is 9.57. The largest absolute Gasteiger partial charge is 0.277 e. The average Bonchev–Trinajstić information content (AvgIpc) is 3.14. The first kappa shape index (κ1) is 15.4. The molecule has 22 heavy (non-hydrogen) atoms. The summed E-state index contributed by atoms with van der Waals surface area (Å²) in [5.41, 5.74) is 2.19. The van der Waals surface area contributed by atoms with Crippen LogP contribution >= 0.6 is 34.3 Å². The Morgan fingerprint density at radius 2 is 1.91 bits per heavy atom. The van der Waals surface area contributed by atoms with Crippen molar-refractivity contribution in [3.63, 3.8) is 0 Å². The number of thiophene rings is 2. The Balaban J connectivity index is 1.81. The number of nitrogens with one attached hydrogen (secondary N) is 2. The average molecular weight is 373 g/mol. The molecule has 0 aliphatic carbocycles. The number of hydrazine groups is 1. The second-order valence-corrected chi connectivity index (χ2v) is 8.52. The smallest absolute Gasteiger partial charge is 0.273 e. The summed E-state index contributed by atoms with van der Waals surface area (Å²) in [6.45, 7) is 0. The summed E-state index contributed by atoms with van der Waals surface area (Å²) in [7, 11) is -3.76. The van der Waals surface area contributed by atoms with E-state index in [2.05, 4.69) is 10.3 Å². The molecule has 1 aromatic carbocycles. The fourth-order valence-corrected chi connectivity index (χ4v) is 5.04. The summed E-state index contributed by atoms with van der Waals surface area (Å²) in [4.78, 5) is 14.5. The van der Waals surface area contributed by atoms with Gasteiger partial charge in [0.25, 0.3) is 15.9 Å². The Kier molecular flexibility index (Phi) is 4.20. The van der Waals surface area contributed by atoms with Crippen molar-refractivity contribution in [2.24, 2.45) is 0 Å². The number of amides is 1. The molecule has 2 aromatic heterocycles. The van der Waals surface area contributed by atoms with Gasteiger partial charge in [-0.05, 0) is 17.5 Å². The predicted molar refractivity (Wildman–Crippen MR) is 88.9 cm³/mol. The standard InChI is InChI=1S/C13H9ClN2O3S3/c14-11-8-4-1-2-5-9(8)21-12(11)13(17)15-16-22(18,19)10-6-3-7-20-10/h1-7,16H,(H,15,17). The van der Waals surface area contributed by atoms with Crippen molar-refractivity contribution in [1.82, 2.24) is 10.3 Å². The van der Waals surface area contributed by atoms with Gasteiger partial charge in [-0.2, -0.15) is 0 Å².